The molecule has 0 bridgehead atoms. The lowest BCUT2D eigenvalue weighted by Gasteiger charge is -2.16. The molecule has 1 aromatic carbocycles. The number of aromatic nitrogens is 1. The number of nitrogens with zero attached hydrogens (tertiary/aromatic N) is 1. The third-order valence-electron chi connectivity index (χ3n) is 4.12. The highest BCUT2D eigenvalue weighted by molar-refractivity contribution is 7.11. The Morgan fingerprint density at radius 3 is 3.00 bits per heavy atom. The summed E-state index contributed by atoms with van der Waals surface area (Å²) in [6, 6.07) is 5.96. The van der Waals surface area contributed by atoms with E-state index in [1.807, 2.05) is 32.2 Å². The van der Waals surface area contributed by atoms with Gasteiger partial charge in [-0.3, -0.25) is 4.79 Å². The molecular weight excluding hydrogens is 296 g/mol. The van der Waals surface area contributed by atoms with Gasteiger partial charge in [-0.25, -0.2) is 4.98 Å². The summed E-state index contributed by atoms with van der Waals surface area (Å²) in [5.74, 6) is 0.794. The number of carbonyl (C=O) groups excluding carboxylic acids is 1. The molecule has 0 radical (unpaired) electrons. The first-order chi connectivity index (χ1) is 10.6. The monoisotopic (exact) mass is 316 g/mol. The first-order valence-corrected chi connectivity index (χ1v) is 8.29. The molecule has 1 aliphatic rings. The fraction of sp³-hybridized carbons (Fsp3) is 0.412. The van der Waals surface area contributed by atoms with Crippen LogP contribution in [-0.4, -0.2) is 18.0 Å². The van der Waals surface area contributed by atoms with Gasteiger partial charge in [0.15, 0.2) is 0 Å². The fourth-order valence-electron chi connectivity index (χ4n) is 2.93. The molecule has 1 heterocycles. The van der Waals surface area contributed by atoms with Gasteiger partial charge in [0.25, 0.3) is 0 Å². The number of thiazole rings is 1. The molecule has 2 aromatic rings. The van der Waals surface area contributed by atoms with Crippen LogP contribution in [0.5, 0.6) is 5.75 Å². The molecule has 3 rings (SSSR count). The summed E-state index contributed by atoms with van der Waals surface area (Å²) in [6.07, 6.45) is 3.65. The van der Waals surface area contributed by atoms with Gasteiger partial charge < -0.3 is 10.1 Å². The van der Waals surface area contributed by atoms with E-state index in [1.54, 1.807) is 18.4 Å². The average molecular weight is 316 g/mol. The SMILES string of the molecule is COc1ccc2c(c1)C(C(=O)NC(C)c1ncc(C)s1)CC2. The van der Waals surface area contributed by atoms with Crippen molar-refractivity contribution in [3.8, 4) is 5.75 Å². The number of ether oxygens (including phenoxy) is 1. The van der Waals surface area contributed by atoms with Gasteiger partial charge in [-0.2, -0.15) is 0 Å². The van der Waals surface area contributed by atoms with Crippen molar-refractivity contribution in [1.29, 1.82) is 0 Å². The minimum absolute atomic E-state index is 0.0548. The Kier molecular flexibility index (Phi) is 4.16. The van der Waals surface area contributed by atoms with E-state index < -0.39 is 0 Å². The molecule has 0 fully saturated rings. The molecule has 0 saturated carbocycles. The normalized spacial score (nSPS) is 17.9. The van der Waals surface area contributed by atoms with Crippen molar-refractivity contribution in [2.45, 2.75) is 38.6 Å². The van der Waals surface area contributed by atoms with Crippen LogP contribution in [0.3, 0.4) is 0 Å². The predicted molar refractivity (Wildman–Crippen MR) is 87.5 cm³/mol. The number of hydrogen-bond acceptors (Lipinski definition) is 4. The Morgan fingerprint density at radius 2 is 2.32 bits per heavy atom. The van der Waals surface area contributed by atoms with E-state index in [2.05, 4.69) is 16.4 Å². The van der Waals surface area contributed by atoms with Crippen LogP contribution in [0.4, 0.5) is 0 Å². The number of carbonyl (C=O) groups is 1. The zero-order valence-corrected chi connectivity index (χ0v) is 13.9. The maximum atomic E-state index is 12.6. The van der Waals surface area contributed by atoms with E-state index in [-0.39, 0.29) is 17.9 Å². The second-order valence-electron chi connectivity index (χ2n) is 5.70. The van der Waals surface area contributed by atoms with E-state index in [4.69, 9.17) is 4.74 Å². The highest BCUT2D eigenvalue weighted by atomic mass is 32.1. The second-order valence-corrected chi connectivity index (χ2v) is 6.96. The topological polar surface area (TPSA) is 51.2 Å². The van der Waals surface area contributed by atoms with Crippen LogP contribution >= 0.6 is 11.3 Å². The maximum absolute atomic E-state index is 12.6. The van der Waals surface area contributed by atoms with E-state index in [9.17, 15) is 4.79 Å². The van der Waals surface area contributed by atoms with Gasteiger partial charge in [0, 0.05) is 11.1 Å². The average Bonchev–Trinajstić information content (AvgIpc) is 3.12. The van der Waals surface area contributed by atoms with E-state index in [0.29, 0.717) is 0 Å². The minimum atomic E-state index is -0.0893. The minimum Gasteiger partial charge on any atom is -0.497 e. The standard InChI is InChI=1S/C17H20N2O2S/c1-10-9-18-17(22-10)11(2)19-16(20)14-7-5-12-4-6-13(21-3)8-15(12)14/h4,6,8-9,11,14H,5,7H2,1-3H3,(H,19,20). The number of fused-ring (bicyclic) bond motifs is 1. The Balaban J connectivity index is 1.74. The number of methoxy groups -OCH3 is 1. The molecule has 5 heteroatoms. The van der Waals surface area contributed by atoms with Crippen LogP contribution in [-0.2, 0) is 11.2 Å². The zero-order valence-electron chi connectivity index (χ0n) is 13.1. The molecule has 22 heavy (non-hydrogen) atoms. The van der Waals surface area contributed by atoms with Crippen LogP contribution in [0.15, 0.2) is 24.4 Å². The number of nitrogens with one attached hydrogen (secondary N) is 1. The highest BCUT2D eigenvalue weighted by Crippen LogP contribution is 2.36. The van der Waals surface area contributed by atoms with Gasteiger partial charge in [0.1, 0.15) is 10.8 Å². The molecule has 2 atom stereocenters. The summed E-state index contributed by atoms with van der Waals surface area (Å²) in [4.78, 5) is 18.1. The number of rotatable bonds is 4. The molecule has 1 aromatic heterocycles. The molecule has 1 aliphatic carbocycles. The molecule has 116 valence electrons. The zero-order chi connectivity index (χ0) is 15.7. The lowest BCUT2D eigenvalue weighted by Crippen LogP contribution is -2.30. The lowest BCUT2D eigenvalue weighted by atomic mass is 10.00. The molecule has 1 amide bonds. The first-order valence-electron chi connectivity index (χ1n) is 7.48. The summed E-state index contributed by atoms with van der Waals surface area (Å²) >= 11 is 1.63. The first kappa shape index (κ1) is 15.0. The molecule has 0 spiro atoms. The highest BCUT2D eigenvalue weighted by Gasteiger charge is 2.30. The van der Waals surface area contributed by atoms with Crippen LogP contribution < -0.4 is 10.1 Å². The lowest BCUT2D eigenvalue weighted by molar-refractivity contribution is -0.123. The van der Waals surface area contributed by atoms with Crippen molar-refractivity contribution in [3.63, 3.8) is 0 Å². The number of aryl methyl sites for hydroxylation is 2. The quantitative estimate of drug-likeness (QED) is 0.941. The van der Waals surface area contributed by atoms with E-state index in [0.717, 1.165) is 34.0 Å². The van der Waals surface area contributed by atoms with Gasteiger partial charge in [-0.15, -0.1) is 11.3 Å². The van der Waals surface area contributed by atoms with Crippen molar-refractivity contribution in [1.82, 2.24) is 10.3 Å². The second kappa shape index (κ2) is 6.08. The smallest absolute Gasteiger partial charge is 0.228 e. The molecule has 2 unspecified atom stereocenters. The fourth-order valence-corrected chi connectivity index (χ4v) is 3.70. The Morgan fingerprint density at radius 1 is 1.50 bits per heavy atom. The van der Waals surface area contributed by atoms with Crippen LogP contribution in [0, 0.1) is 6.92 Å². The van der Waals surface area contributed by atoms with Crippen molar-refractivity contribution < 1.29 is 9.53 Å². The Labute approximate surface area is 134 Å². The largest absolute Gasteiger partial charge is 0.497 e. The van der Waals surface area contributed by atoms with Gasteiger partial charge in [-0.1, -0.05) is 6.07 Å². The molecule has 1 N–H and O–H groups in total. The van der Waals surface area contributed by atoms with Crippen molar-refractivity contribution in [2.75, 3.05) is 7.11 Å². The summed E-state index contributed by atoms with van der Waals surface area (Å²) in [6.45, 7) is 4.01. The molecule has 4 nitrogen and oxygen atoms in total. The van der Waals surface area contributed by atoms with Gasteiger partial charge in [0.05, 0.1) is 19.1 Å². The van der Waals surface area contributed by atoms with E-state index >= 15 is 0 Å². The summed E-state index contributed by atoms with van der Waals surface area (Å²) < 4.78 is 5.28. The molecule has 0 saturated heterocycles. The Hall–Kier alpha value is -1.88. The number of amides is 1. The van der Waals surface area contributed by atoms with Crippen LogP contribution in [0.2, 0.25) is 0 Å². The predicted octanol–water partition coefficient (Wildman–Crippen LogP) is 3.37. The molecular formula is C17H20N2O2S. The van der Waals surface area contributed by atoms with Gasteiger partial charge >= 0.3 is 0 Å². The van der Waals surface area contributed by atoms with Crippen LogP contribution in [0.1, 0.15) is 46.3 Å². The summed E-state index contributed by atoms with van der Waals surface area (Å²) in [5.41, 5.74) is 2.35. The third-order valence-corrected chi connectivity index (χ3v) is 5.21. The van der Waals surface area contributed by atoms with Crippen molar-refractivity contribution >= 4 is 17.2 Å². The van der Waals surface area contributed by atoms with Crippen molar-refractivity contribution in [2.24, 2.45) is 0 Å². The van der Waals surface area contributed by atoms with Crippen molar-refractivity contribution in [3.05, 3.63) is 45.4 Å². The number of benzene rings is 1. The van der Waals surface area contributed by atoms with E-state index in [1.165, 1.54) is 5.56 Å². The Bertz CT molecular complexity index is 696. The van der Waals surface area contributed by atoms with Gasteiger partial charge in [-0.05, 0) is 49.9 Å². The van der Waals surface area contributed by atoms with Gasteiger partial charge in [0.2, 0.25) is 5.91 Å². The third kappa shape index (κ3) is 2.86. The summed E-state index contributed by atoms with van der Waals surface area (Å²) in [7, 11) is 1.65. The maximum Gasteiger partial charge on any atom is 0.228 e. The number of hydrogen-bond donors (Lipinski definition) is 1. The summed E-state index contributed by atoms with van der Waals surface area (Å²) in [5, 5.41) is 4.05. The molecule has 0 aliphatic heterocycles. The van der Waals surface area contributed by atoms with Crippen LogP contribution in [0.25, 0.3) is 0 Å².